The van der Waals surface area contributed by atoms with E-state index in [-0.39, 0.29) is 23.0 Å². The summed E-state index contributed by atoms with van der Waals surface area (Å²) in [6, 6.07) is 13.8. The van der Waals surface area contributed by atoms with Crippen LogP contribution in [0.2, 0.25) is 0 Å². The van der Waals surface area contributed by atoms with Gasteiger partial charge < -0.3 is 10.0 Å². The first-order chi connectivity index (χ1) is 14.0. The summed E-state index contributed by atoms with van der Waals surface area (Å²) in [6.45, 7) is 3.35. The minimum Gasteiger partial charge on any atom is -0.508 e. The maximum atomic E-state index is 13.6. The largest absolute Gasteiger partial charge is 0.508 e. The standard InChI is InChI=1S/C24H29FN2O2/c25-21-7-1-6-20(15-21)18-27-13-4-10-24(27)9-3-12-26(14-11-24)23(29)17-19-5-2-8-22(28)16-19/h1-2,5-8,15-16,28H,3-4,9-14,17-18H2/t24-/m0/s1. The smallest absolute Gasteiger partial charge is 0.226 e. The lowest BCUT2D eigenvalue weighted by Gasteiger charge is -2.38. The molecule has 4 rings (SSSR count). The predicted molar refractivity (Wildman–Crippen MR) is 111 cm³/mol. The minimum atomic E-state index is -0.180. The van der Waals surface area contributed by atoms with E-state index in [0.29, 0.717) is 6.42 Å². The molecule has 5 heteroatoms. The van der Waals surface area contributed by atoms with Crippen LogP contribution in [0.4, 0.5) is 4.39 Å². The minimum absolute atomic E-state index is 0.117. The van der Waals surface area contributed by atoms with Crippen LogP contribution in [0.1, 0.15) is 43.2 Å². The number of hydrogen-bond donors (Lipinski definition) is 1. The summed E-state index contributed by atoms with van der Waals surface area (Å²) in [4.78, 5) is 17.3. The molecule has 0 saturated carbocycles. The molecule has 2 aliphatic rings. The molecule has 0 bridgehead atoms. The summed E-state index contributed by atoms with van der Waals surface area (Å²) in [5.74, 6) is 0.145. The van der Waals surface area contributed by atoms with Gasteiger partial charge in [0.15, 0.2) is 0 Å². The van der Waals surface area contributed by atoms with Crippen LogP contribution in [0.3, 0.4) is 0 Å². The van der Waals surface area contributed by atoms with Gasteiger partial charge in [-0.2, -0.15) is 0 Å². The zero-order valence-corrected chi connectivity index (χ0v) is 16.8. The van der Waals surface area contributed by atoms with Crippen LogP contribution in [0.25, 0.3) is 0 Å². The number of benzene rings is 2. The van der Waals surface area contributed by atoms with Gasteiger partial charge in [0.25, 0.3) is 0 Å². The Morgan fingerprint density at radius 2 is 1.72 bits per heavy atom. The van der Waals surface area contributed by atoms with Gasteiger partial charge in [0.2, 0.25) is 5.91 Å². The molecule has 1 amide bonds. The van der Waals surface area contributed by atoms with Crippen molar-refractivity contribution in [3.05, 3.63) is 65.5 Å². The van der Waals surface area contributed by atoms with Crippen molar-refractivity contribution in [1.82, 2.24) is 9.80 Å². The monoisotopic (exact) mass is 396 g/mol. The molecule has 2 fully saturated rings. The SMILES string of the molecule is O=C(Cc1cccc(O)c1)N1CCC[C@]2(CCCN2Cc2cccc(F)c2)CC1. The summed E-state index contributed by atoms with van der Waals surface area (Å²) >= 11 is 0. The molecule has 0 unspecified atom stereocenters. The van der Waals surface area contributed by atoms with Gasteiger partial charge in [-0.15, -0.1) is 0 Å². The molecular weight excluding hydrogens is 367 g/mol. The summed E-state index contributed by atoms with van der Waals surface area (Å²) in [7, 11) is 0. The molecule has 0 aromatic heterocycles. The van der Waals surface area contributed by atoms with Crippen molar-refractivity contribution in [2.75, 3.05) is 19.6 Å². The second kappa shape index (κ2) is 8.54. The number of carbonyl (C=O) groups excluding carboxylic acids is 1. The number of hydrogen-bond acceptors (Lipinski definition) is 3. The van der Waals surface area contributed by atoms with E-state index in [4.69, 9.17) is 0 Å². The van der Waals surface area contributed by atoms with Crippen LogP contribution < -0.4 is 0 Å². The number of likely N-dealkylation sites (tertiary alicyclic amines) is 2. The molecule has 2 aliphatic heterocycles. The Labute approximate surface area is 171 Å². The van der Waals surface area contributed by atoms with Crippen molar-refractivity contribution in [3.63, 3.8) is 0 Å². The van der Waals surface area contributed by atoms with Gasteiger partial charge in [-0.1, -0.05) is 24.3 Å². The molecular formula is C24H29FN2O2. The third-order valence-corrected chi connectivity index (χ3v) is 6.54. The van der Waals surface area contributed by atoms with Crippen molar-refractivity contribution < 1.29 is 14.3 Å². The highest BCUT2D eigenvalue weighted by Crippen LogP contribution is 2.39. The van der Waals surface area contributed by atoms with E-state index in [1.165, 1.54) is 6.07 Å². The van der Waals surface area contributed by atoms with Gasteiger partial charge >= 0.3 is 0 Å². The molecule has 1 N–H and O–H groups in total. The van der Waals surface area contributed by atoms with Crippen LogP contribution in [-0.2, 0) is 17.8 Å². The highest BCUT2D eigenvalue weighted by atomic mass is 19.1. The van der Waals surface area contributed by atoms with E-state index < -0.39 is 0 Å². The predicted octanol–water partition coefficient (Wildman–Crippen LogP) is 4.12. The van der Waals surface area contributed by atoms with Crippen molar-refractivity contribution in [3.8, 4) is 5.75 Å². The van der Waals surface area contributed by atoms with Crippen molar-refractivity contribution in [2.24, 2.45) is 0 Å². The molecule has 2 aromatic carbocycles. The Morgan fingerprint density at radius 1 is 0.966 bits per heavy atom. The number of rotatable bonds is 4. The van der Waals surface area contributed by atoms with Gasteiger partial charge in [-0.25, -0.2) is 4.39 Å². The number of phenolic OH excluding ortho intramolecular Hbond substituents is 1. The third kappa shape index (κ3) is 4.61. The Morgan fingerprint density at radius 3 is 2.52 bits per heavy atom. The number of carbonyl (C=O) groups is 1. The number of amides is 1. The number of aromatic hydroxyl groups is 1. The zero-order valence-electron chi connectivity index (χ0n) is 16.8. The maximum Gasteiger partial charge on any atom is 0.226 e. The first-order valence-corrected chi connectivity index (χ1v) is 10.6. The average molecular weight is 397 g/mol. The molecule has 0 radical (unpaired) electrons. The Bertz CT molecular complexity index is 871. The van der Waals surface area contributed by atoms with Crippen LogP contribution in [-0.4, -0.2) is 46.0 Å². The normalized spacial score (nSPS) is 22.7. The van der Waals surface area contributed by atoms with Crippen LogP contribution >= 0.6 is 0 Å². The Kier molecular flexibility index (Phi) is 5.86. The lowest BCUT2D eigenvalue weighted by Crippen LogP contribution is -2.44. The number of halogens is 1. The first-order valence-electron chi connectivity index (χ1n) is 10.6. The van der Waals surface area contributed by atoms with Crippen molar-refractivity contribution >= 4 is 5.91 Å². The fraction of sp³-hybridized carbons (Fsp3) is 0.458. The molecule has 4 nitrogen and oxygen atoms in total. The lowest BCUT2D eigenvalue weighted by molar-refractivity contribution is -0.130. The average Bonchev–Trinajstić information content (AvgIpc) is 2.93. The summed E-state index contributed by atoms with van der Waals surface area (Å²) in [5.41, 5.74) is 1.99. The van der Waals surface area contributed by atoms with E-state index in [1.807, 2.05) is 17.0 Å². The van der Waals surface area contributed by atoms with E-state index in [2.05, 4.69) is 4.90 Å². The lowest BCUT2D eigenvalue weighted by atomic mass is 9.87. The van der Waals surface area contributed by atoms with Gasteiger partial charge in [0.05, 0.1) is 6.42 Å². The van der Waals surface area contributed by atoms with Gasteiger partial charge in [-0.3, -0.25) is 9.69 Å². The van der Waals surface area contributed by atoms with Gasteiger partial charge in [0, 0.05) is 25.2 Å². The van der Waals surface area contributed by atoms with Crippen LogP contribution in [0.5, 0.6) is 5.75 Å². The highest BCUT2D eigenvalue weighted by molar-refractivity contribution is 5.79. The molecule has 1 atom stereocenters. The third-order valence-electron chi connectivity index (χ3n) is 6.54. The fourth-order valence-electron chi connectivity index (χ4n) is 5.04. The Hall–Kier alpha value is -2.40. The fourth-order valence-corrected chi connectivity index (χ4v) is 5.04. The highest BCUT2D eigenvalue weighted by Gasteiger charge is 2.41. The second-order valence-corrected chi connectivity index (χ2v) is 8.46. The van der Waals surface area contributed by atoms with Crippen molar-refractivity contribution in [1.29, 1.82) is 0 Å². The zero-order chi connectivity index (χ0) is 20.3. The van der Waals surface area contributed by atoms with Gasteiger partial charge in [0.1, 0.15) is 11.6 Å². The van der Waals surface area contributed by atoms with E-state index in [0.717, 1.165) is 69.4 Å². The molecule has 29 heavy (non-hydrogen) atoms. The molecule has 2 saturated heterocycles. The van der Waals surface area contributed by atoms with E-state index in [1.54, 1.807) is 30.3 Å². The van der Waals surface area contributed by atoms with E-state index >= 15 is 0 Å². The Balaban J connectivity index is 1.41. The van der Waals surface area contributed by atoms with Gasteiger partial charge in [-0.05, 0) is 74.0 Å². The maximum absolute atomic E-state index is 13.6. The molecule has 154 valence electrons. The number of nitrogens with zero attached hydrogens (tertiary/aromatic N) is 2. The van der Waals surface area contributed by atoms with Crippen molar-refractivity contribution in [2.45, 2.75) is 50.6 Å². The molecule has 2 heterocycles. The quantitative estimate of drug-likeness (QED) is 0.845. The van der Waals surface area contributed by atoms with E-state index in [9.17, 15) is 14.3 Å². The molecule has 2 aromatic rings. The summed E-state index contributed by atoms with van der Waals surface area (Å²) in [6.07, 6.45) is 5.68. The summed E-state index contributed by atoms with van der Waals surface area (Å²) in [5, 5.41) is 9.63. The molecule has 1 spiro atoms. The van der Waals surface area contributed by atoms with Crippen LogP contribution in [0.15, 0.2) is 48.5 Å². The number of phenols is 1. The first kappa shape index (κ1) is 19.9. The summed E-state index contributed by atoms with van der Waals surface area (Å²) < 4.78 is 13.6. The topological polar surface area (TPSA) is 43.8 Å². The molecule has 0 aliphatic carbocycles. The second-order valence-electron chi connectivity index (χ2n) is 8.46. The van der Waals surface area contributed by atoms with Crippen LogP contribution in [0, 0.1) is 5.82 Å².